The van der Waals surface area contributed by atoms with Crippen molar-refractivity contribution in [3.63, 3.8) is 0 Å². The second kappa shape index (κ2) is 5.86. The lowest BCUT2D eigenvalue weighted by molar-refractivity contribution is 0.306. The smallest absolute Gasteiger partial charge is 0.140 e. The summed E-state index contributed by atoms with van der Waals surface area (Å²) in [6.45, 7) is 4.85. The van der Waals surface area contributed by atoms with Crippen LogP contribution in [0.5, 0.6) is 5.75 Å². The Hall–Kier alpha value is -0.760. The molecule has 0 unspecified atom stereocenters. The number of hydrogen-bond acceptors (Lipinski definition) is 2. The van der Waals surface area contributed by atoms with Gasteiger partial charge in [0, 0.05) is 0 Å². The van der Waals surface area contributed by atoms with Gasteiger partial charge in [-0.1, -0.05) is 13.3 Å². The molecule has 0 aromatic carbocycles. The lowest BCUT2D eigenvalue weighted by Gasteiger charge is -2.08. The van der Waals surface area contributed by atoms with Gasteiger partial charge in [-0.05, 0) is 25.5 Å². The number of ether oxygens (including phenoxy) is 1. The Balaban J connectivity index is 2.59. The third-order valence-electron chi connectivity index (χ3n) is 1.99. The van der Waals surface area contributed by atoms with Gasteiger partial charge in [-0.3, -0.25) is 4.98 Å². The molecule has 0 aliphatic rings. The molecule has 0 saturated heterocycles. The number of nitrogens with zero attached hydrogens (tertiary/aromatic N) is 1. The zero-order valence-electron chi connectivity index (χ0n) is 8.72. The fraction of sp³-hybridized carbons (Fsp3) is 0.545. The summed E-state index contributed by atoms with van der Waals surface area (Å²) < 4.78 is 5.57. The summed E-state index contributed by atoms with van der Waals surface area (Å²) in [6, 6.07) is 3.84. The maximum atomic E-state index is 5.67. The Morgan fingerprint density at radius 1 is 1.43 bits per heavy atom. The van der Waals surface area contributed by atoms with Crippen molar-refractivity contribution in [2.45, 2.75) is 32.6 Å². The minimum Gasteiger partial charge on any atom is -0.492 e. The molecule has 0 spiro atoms. The molecule has 0 atom stereocenters. The van der Waals surface area contributed by atoms with E-state index in [-0.39, 0.29) is 0 Å². The lowest BCUT2D eigenvalue weighted by Crippen LogP contribution is -2.00. The van der Waals surface area contributed by atoms with Crippen molar-refractivity contribution in [3.05, 3.63) is 23.5 Å². The number of aromatic nitrogens is 1. The van der Waals surface area contributed by atoms with Crippen LogP contribution in [0, 0.1) is 6.92 Å². The van der Waals surface area contributed by atoms with Gasteiger partial charge in [-0.25, -0.2) is 0 Å². The minimum absolute atomic E-state index is 0.454. The van der Waals surface area contributed by atoms with E-state index in [1.54, 1.807) is 0 Å². The van der Waals surface area contributed by atoms with Crippen molar-refractivity contribution >= 4 is 11.6 Å². The van der Waals surface area contributed by atoms with E-state index in [0.717, 1.165) is 36.6 Å². The Labute approximate surface area is 90.3 Å². The summed E-state index contributed by atoms with van der Waals surface area (Å²) in [4.78, 5) is 4.31. The second-order valence-electron chi connectivity index (χ2n) is 3.22. The number of unbranched alkanes of at least 4 members (excludes halogenated alkanes) is 1. The first-order valence-electron chi connectivity index (χ1n) is 4.93. The lowest BCUT2D eigenvalue weighted by atomic mass is 10.3. The molecule has 1 aromatic rings. The van der Waals surface area contributed by atoms with Crippen LogP contribution in [-0.2, 0) is 5.88 Å². The molecule has 0 saturated carbocycles. The van der Waals surface area contributed by atoms with Crippen molar-refractivity contribution in [2.24, 2.45) is 0 Å². The van der Waals surface area contributed by atoms with Crippen molar-refractivity contribution in [3.8, 4) is 5.75 Å². The average Bonchev–Trinajstić information content (AvgIpc) is 2.20. The quantitative estimate of drug-likeness (QED) is 0.553. The average molecular weight is 214 g/mol. The van der Waals surface area contributed by atoms with Gasteiger partial charge in [0.15, 0.2) is 0 Å². The van der Waals surface area contributed by atoms with E-state index < -0.39 is 0 Å². The fourth-order valence-electron chi connectivity index (χ4n) is 1.15. The van der Waals surface area contributed by atoms with Crippen molar-refractivity contribution in [2.75, 3.05) is 6.61 Å². The highest BCUT2D eigenvalue weighted by atomic mass is 35.5. The van der Waals surface area contributed by atoms with E-state index in [1.165, 1.54) is 0 Å². The summed E-state index contributed by atoms with van der Waals surface area (Å²) in [5.41, 5.74) is 1.81. The van der Waals surface area contributed by atoms with E-state index in [1.807, 2.05) is 19.1 Å². The van der Waals surface area contributed by atoms with Gasteiger partial charge in [0.1, 0.15) is 5.75 Å². The Morgan fingerprint density at radius 2 is 2.21 bits per heavy atom. The molecule has 0 radical (unpaired) electrons. The molecule has 0 fully saturated rings. The Morgan fingerprint density at radius 3 is 2.79 bits per heavy atom. The van der Waals surface area contributed by atoms with Gasteiger partial charge in [-0.2, -0.15) is 0 Å². The van der Waals surface area contributed by atoms with Crippen LogP contribution < -0.4 is 4.74 Å². The maximum Gasteiger partial charge on any atom is 0.140 e. The highest BCUT2D eigenvalue weighted by molar-refractivity contribution is 6.16. The molecule has 1 heterocycles. The Kier molecular flexibility index (Phi) is 4.74. The predicted octanol–water partition coefficient (Wildman–Crippen LogP) is 3.31. The monoisotopic (exact) mass is 213 g/mol. The fourth-order valence-corrected chi connectivity index (χ4v) is 1.30. The van der Waals surface area contributed by atoms with Gasteiger partial charge in [0.05, 0.1) is 23.9 Å². The molecular formula is C11H16ClNO. The number of pyridine rings is 1. The van der Waals surface area contributed by atoms with Crippen molar-refractivity contribution in [1.29, 1.82) is 0 Å². The zero-order chi connectivity index (χ0) is 10.4. The molecule has 0 aliphatic heterocycles. The number of hydrogen-bond donors (Lipinski definition) is 0. The molecule has 78 valence electrons. The first-order valence-corrected chi connectivity index (χ1v) is 5.46. The number of aryl methyl sites for hydroxylation is 1. The standard InChI is InChI=1S/C11H16ClNO/c1-3-4-7-14-11-6-5-10(8-12)13-9(11)2/h5-6H,3-4,7-8H2,1-2H3. The largest absolute Gasteiger partial charge is 0.492 e. The first-order chi connectivity index (χ1) is 6.77. The third-order valence-corrected chi connectivity index (χ3v) is 2.26. The predicted molar refractivity (Wildman–Crippen MR) is 58.9 cm³/mol. The van der Waals surface area contributed by atoms with Gasteiger partial charge in [-0.15, -0.1) is 11.6 Å². The summed E-state index contributed by atoms with van der Waals surface area (Å²) in [7, 11) is 0. The normalized spacial score (nSPS) is 10.2. The van der Waals surface area contributed by atoms with Crippen LogP contribution in [-0.4, -0.2) is 11.6 Å². The first kappa shape index (κ1) is 11.3. The number of rotatable bonds is 5. The van der Waals surface area contributed by atoms with Crippen LogP contribution >= 0.6 is 11.6 Å². The molecule has 0 bridgehead atoms. The van der Waals surface area contributed by atoms with Crippen molar-refractivity contribution in [1.82, 2.24) is 4.98 Å². The van der Waals surface area contributed by atoms with E-state index in [2.05, 4.69) is 11.9 Å². The van der Waals surface area contributed by atoms with Gasteiger partial charge in [0.25, 0.3) is 0 Å². The molecular weight excluding hydrogens is 198 g/mol. The molecule has 3 heteroatoms. The van der Waals surface area contributed by atoms with E-state index >= 15 is 0 Å². The van der Waals surface area contributed by atoms with Gasteiger partial charge < -0.3 is 4.74 Å². The van der Waals surface area contributed by atoms with Crippen LogP contribution in [0.25, 0.3) is 0 Å². The summed E-state index contributed by atoms with van der Waals surface area (Å²) in [5.74, 6) is 1.32. The number of halogens is 1. The summed E-state index contributed by atoms with van der Waals surface area (Å²) in [6.07, 6.45) is 2.23. The van der Waals surface area contributed by atoms with Crippen LogP contribution in [0.2, 0.25) is 0 Å². The van der Waals surface area contributed by atoms with E-state index in [9.17, 15) is 0 Å². The molecule has 1 aromatic heterocycles. The van der Waals surface area contributed by atoms with Crippen LogP contribution in [0.1, 0.15) is 31.2 Å². The molecule has 0 N–H and O–H groups in total. The van der Waals surface area contributed by atoms with Gasteiger partial charge >= 0.3 is 0 Å². The molecule has 14 heavy (non-hydrogen) atoms. The van der Waals surface area contributed by atoms with E-state index in [0.29, 0.717) is 5.88 Å². The Bertz CT molecular complexity index is 289. The third kappa shape index (κ3) is 3.18. The van der Waals surface area contributed by atoms with Crippen LogP contribution in [0.4, 0.5) is 0 Å². The second-order valence-corrected chi connectivity index (χ2v) is 3.49. The summed E-state index contributed by atoms with van der Waals surface area (Å²) in [5, 5.41) is 0. The molecule has 2 nitrogen and oxygen atoms in total. The topological polar surface area (TPSA) is 22.1 Å². The molecule has 0 amide bonds. The molecule has 1 rings (SSSR count). The number of alkyl halides is 1. The zero-order valence-corrected chi connectivity index (χ0v) is 9.47. The highest BCUT2D eigenvalue weighted by Gasteiger charge is 2.01. The van der Waals surface area contributed by atoms with E-state index in [4.69, 9.17) is 16.3 Å². The van der Waals surface area contributed by atoms with Crippen LogP contribution in [0.3, 0.4) is 0 Å². The van der Waals surface area contributed by atoms with Crippen LogP contribution in [0.15, 0.2) is 12.1 Å². The summed E-state index contributed by atoms with van der Waals surface area (Å²) >= 11 is 5.67. The minimum atomic E-state index is 0.454. The highest BCUT2D eigenvalue weighted by Crippen LogP contribution is 2.16. The maximum absolute atomic E-state index is 5.67. The van der Waals surface area contributed by atoms with Gasteiger partial charge in [0.2, 0.25) is 0 Å². The van der Waals surface area contributed by atoms with Crippen molar-refractivity contribution < 1.29 is 4.74 Å². The molecule has 0 aliphatic carbocycles. The SMILES string of the molecule is CCCCOc1ccc(CCl)nc1C.